The van der Waals surface area contributed by atoms with Crippen LogP contribution in [0.25, 0.3) is 0 Å². The molecule has 28 heavy (non-hydrogen) atoms. The van der Waals surface area contributed by atoms with Gasteiger partial charge in [-0.3, -0.25) is 4.99 Å². The number of halogens is 1. The Labute approximate surface area is 167 Å². The van der Waals surface area contributed by atoms with E-state index in [1.807, 2.05) is 4.90 Å². The van der Waals surface area contributed by atoms with Crippen LogP contribution in [0.1, 0.15) is 46.0 Å². The van der Waals surface area contributed by atoms with Crippen LogP contribution in [-0.2, 0) is 4.74 Å². The fourth-order valence-corrected chi connectivity index (χ4v) is 4.97. The van der Waals surface area contributed by atoms with E-state index in [1.54, 1.807) is 12.3 Å². The molecular formula is C21H32FN5O. The van der Waals surface area contributed by atoms with Crippen molar-refractivity contribution in [2.75, 3.05) is 31.1 Å². The number of guanidine groups is 1. The van der Waals surface area contributed by atoms with Crippen LogP contribution in [0.2, 0.25) is 0 Å². The summed E-state index contributed by atoms with van der Waals surface area (Å²) in [6.07, 6.45) is 7.80. The fraction of sp³-hybridized carbons (Fsp3) is 0.714. The number of aromatic nitrogens is 1. The predicted molar refractivity (Wildman–Crippen MR) is 109 cm³/mol. The lowest BCUT2D eigenvalue weighted by Crippen LogP contribution is -2.69. The number of ether oxygens (including phenoxy) is 1. The molecule has 7 heteroatoms. The quantitative estimate of drug-likeness (QED) is 0.579. The molecule has 1 aliphatic heterocycles. The van der Waals surface area contributed by atoms with Gasteiger partial charge in [-0.1, -0.05) is 6.42 Å². The van der Waals surface area contributed by atoms with E-state index in [0.29, 0.717) is 23.4 Å². The Morgan fingerprint density at radius 2 is 2.25 bits per heavy atom. The molecule has 1 aromatic heterocycles. The highest BCUT2D eigenvalue weighted by molar-refractivity contribution is 5.81. The van der Waals surface area contributed by atoms with Gasteiger partial charge in [0.1, 0.15) is 0 Å². The molecule has 1 spiro atoms. The van der Waals surface area contributed by atoms with Crippen molar-refractivity contribution in [1.82, 2.24) is 15.6 Å². The molecule has 2 N–H and O–H groups in total. The third-order valence-corrected chi connectivity index (χ3v) is 6.63. The molecule has 154 valence electrons. The summed E-state index contributed by atoms with van der Waals surface area (Å²) in [4.78, 5) is 10.9. The maximum absolute atomic E-state index is 14.0. The molecule has 3 atom stereocenters. The number of rotatable bonds is 6. The average Bonchev–Trinajstić information content (AvgIpc) is 3.08. The summed E-state index contributed by atoms with van der Waals surface area (Å²) in [5.74, 6) is 1.06. The van der Waals surface area contributed by atoms with Gasteiger partial charge >= 0.3 is 0 Å². The van der Waals surface area contributed by atoms with Crippen LogP contribution >= 0.6 is 0 Å². The standard InChI is InChI=1S/C21H32FN5O/c1-3-23-20(26-17-13-18(28-4-2)21(17)9-6-10-21)25-15-8-12-27(14-15)19-16(22)7-5-11-24-19/h5,7,11,15,17-18H,3-4,6,8-10,12-14H2,1-2H3,(H2,23,25,26). The number of aliphatic imine (C=N–C) groups is 1. The second-order valence-corrected chi connectivity index (χ2v) is 8.17. The van der Waals surface area contributed by atoms with Crippen molar-refractivity contribution in [3.63, 3.8) is 0 Å². The molecule has 2 heterocycles. The van der Waals surface area contributed by atoms with Crippen LogP contribution in [-0.4, -0.2) is 55.4 Å². The van der Waals surface area contributed by atoms with Gasteiger partial charge in [0.25, 0.3) is 0 Å². The van der Waals surface area contributed by atoms with E-state index in [4.69, 9.17) is 4.74 Å². The van der Waals surface area contributed by atoms with Gasteiger partial charge in [-0.05, 0) is 51.7 Å². The van der Waals surface area contributed by atoms with Crippen LogP contribution in [0.15, 0.2) is 23.3 Å². The summed E-state index contributed by atoms with van der Waals surface area (Å²) in [7, 11) is 0. The molecule has 1 saturated heterocycles. The zero-order chi connectivity index (χ0) is 19.6. The Hall–Kier alpha value is -1.89. The molecule has 0 radical (unpaired) electrons. The Morgan fingerprint density at radius 3 is 2.93 bits per heavy atom. The number of pyridine rings is 1. The van der Waals surface area contributed by atoms with Crippen molar-refractivity contribution in [1.29, 1.82) is 0 Å². The third-order valence-electron chi connectivity index (χ3n) is 6.63. The van der Waals surface area contributed by atoms with Crippen molar-refractivity contribution < 1.29 is 9.13 Å². The van der Waals surface area contributed by atoms with E-state index >= 15 is 0 Å². The highest BCUT2D eigenvalue weighted by atomic mass is 19.1. The Kier molecular flexibility index (Phi) is 5.71. The normalized spacial score (nSPS) is 28.8. The van der Waals surface area contributed by atoms with Gasteiger partial charge in [-0.2, -0.15) is 0 Å². The first-order chi connectivity index (χ1) is 13.7. The number of hydrogen-bond donors (Lipinski definition) is 2. The maximum Gasteiger partial charge on any atom is 0.191 e. The van der Waals surface area contributed by atoms with Gasteiger partial charge in [-0.25, -0.2) is 9.37 Å². The molecule has 4 rings (SSSR count). The van der Waals surface area contributed by atoms with Gasteiger partial charge in [0.2, 0.25) is 0 Å². The molecule has 1 aromatic rings. The van der Waals surface area contributed by atoms with Crippen LogP contribution in [0, 0.1) is 11.2 Å². The lowest BCUT2D eigenvalue weighted by atomic mass is 9.51. The molecule has 2 saturated carbocycles. The lowest BCUT2D eigenvalue weighted by Gasteiger charge is -2.61. The summed E-state index contributed by atoms with van der Waals surface area (Å²) in [6, 6.07) is 3.77. The van der Waals surface area contributed by atoms with Crippen LogP contribution in [0.3, 0.4) is 0 Å². The van der Waals surface area contributed by atoms with Crippen molar-refractivity contribution in [2.45, 2.75) is 64.1 Å². The maximum atomic E-state index is 14.0. The molecule has 6 nitrogen and oxygen atoms in total. The minimum Gasteiger partial charge on any atom is -0.378 e. The Balaban J connectivity index is 1.35. The van der Waals surface area contributed by atoms with Crippen molar-refractivity contribution in [2.24, 2.45) is 10.4 Å². The molecule has 0 amide bonds. The molecule has 0 bridgehead atoms. The van der Waals surface area contributed by atoms with Gasteiger partial charge in [0.15, 0.2) is 17.6 Å². The molecule has 3 aliphatic rings. The summed E-state index contributed by atoms with van der Waals surface area (Å²) in [6.45, 7) is 7.18. The van der Waals surface area contributed by atoms with E-state index < -0.39 is 0 Å². The highest BCUT2D eigenvalue weighted by Gasteiger charge is 2.59. The zero-order valence-corrected chi connectivity index (χ0v) is 17.0. The van der Waals surface area contributed by atoms with Crippen LogP contribution in [0.5, 0.6) is 0 Å². The Bertz CT molecular complexity index is 708. The SMILES string of the molecule is CCN=C(NC1CCN(c2ncccc2F)C1)NC1CC(OCC)C12CCC2. The topological polar surface area (TPSA) is 61.8 Å². The molecular weight excluding hydrogens is 357 g/mol. The average molecular weight is 390 g/mol. The van der Waals surface area contributed by atoms with Gasteiger partial charge in [-0.15, -0.1) is 0 Å². The largest absolute Gasteiger partial charge is 0.378 e. The lowest BCUT2D eigenvalue weighted by molar-refractivity contribution is -0.168. The van der Waals surface area contributed by atoms with Crippen molar-refractivity contribution in [3.8, 4) is 0 Å². The molecule has 3 fully saturated rings. The van der Waals surface area contributed by atoms with Crippen molar-refractivity contribution in [3.05, 3.63) is 24.1 Å². The Morgan fingerprint density at radius 1 is 1.39 bits per heavy atom. The first kappa shape index (κ1) is 19.4. The van der Waals surface area contributed by atoms with Gasteiger partial charge < -0.3 is 20.3 Å². The monoisotopic (exact) mass is 389 g/mol. The van der Waals surface area contributed by atoms with E-state index in [9.17, 15) is 4.39 Å². The number of anilines is 1. The van der Waals surface area contributed by atoms with Gasteiger partial charge in [0, 0.05) is 49.9 Å². The number of hydrogen-bond acceptors (Lipinski definition) is 4. The van der Waals surface area contributed by atoms with Gasteiger partial charge in [0.05, 0.1) is 6.10 Å². The second kappa shape index (κ2) is 8.23. The molecule has 2 aliphatic carbocycles. The number of nitrogens with one attached hydrogen (secondary N) is 2. The summed E-state index contributed by atoms with van der Waals surface area (Å²) >= 11 is 0. The summed E-state index contributed by atoms with van der Waals surface area (Å²) in [5, 5.41) is 7.25. The van der Waals surface area contributed by atoms with Crippen LogP contribution < -0.4 is 15.5 Å². The first-order valence-electron chi connectivity index (χ1n) is 10.7. The minimum atomic E-state index is -0.257. The van der Waals surface area contributed by atoms with Crippen LogP contribution in [0.4, 0.5) is 10.2 Å². The molecule has 0 aromatic carbocycles. The van der Waals surface area contributed by atoms with E-state index in [-0.39, 0.29) is 11.9 Å². The third kappa shape index (κ3) is 3.56. The first-order valence-corrected chi connectivity index (χ1v) is 10.7. The summed E-state index contributed by atoms with van der Waals surface area (Å²) in [5.41, 5.74) is 0.297. The summed E-state index contributed by atoms with van der Waals surface area (Å²) < 4.78 is 20.0. The zero-order valence-electron chi connectivity index (χ0n) is 17.0. The van der Waals surface area contributed by atoms with E-state index in [1.165, 1.54) is 25.3 Å². The minimum absolute atomic E-state index is 0.235. The van der Waals surface area contributed by atoms with E-state index in [0.717, 1.165) is 45.0 Å². The molecule has 3 unspecified atom stereocenters. The highest BCUT2D eigenvalue weighted by Crippen LogP contribution is 2.57. The van der Waals surface area contributed by atoms with Crippen molar-refractivity contribution >= 4 is 11.8 Å². The second-order valence-electron chi connectivity index (χ2n) is 8.17. The fourth-order valence-electron chi connectivity index (χ4n) is 4.97. The number of nitrogens with zero attached hydrogens (tertiary/aromatic N) is 3. The smallest absolute Gasteiger partial charge is 0.191 e. The predicted octanol–water partition coefficient (Wildman–Crippen LogP) is 2.70. The van der Waals surface area contributed by atoms with E-state index in [2.05, 4.69) is 34.5 Å².